The number of rotatable bonds is 5. The number of urea groups is 1. The number of terminal acetylenes is 1. The highest BCUT2D eigenvalue weighted by atomic mass is 16.4. The third kappa shape index (κ3) is 4.72. The summed E-state index contributed by atoms with van der Waals surface area (Å²) in [6.07, 6.45) is 5.58. The maximum atomic E-state index is 11.4. The van der Waals surface area contributed by atoms with Crippen molar-refractivity contribution in [3.8, 4) is 12.3 Å². The molecule has 5 heteroatoms. The molecule has 1 aromatic rings. The smallest absolute Gasteiger partial charge is 0.335 e. The quantitative estimate of drug-likeness (QED) is 0.697. The van der Waals surface area contributed by atoms with Crippen molar-refractivity contribution in [2.75, 3.05) is 6.54 Å². The van der Waals surface area contributed by atoms with E-state index < -0.39 is 5.97 Å². The number of aromatic carboxylic acids is 1. The van der Waals surface area contributed by atoms with Crippen LogP contribution in [0.4, 0.5) is 4.79 Å². The van der Waals surface area contributed by atoms with Crippen LogP contribution in [0.2, 0.25) is 0 Å². The van der Waals surface area contributed by atoms with Gasteiger partial charge in [0.2, 0.25) is 0 Å². The van der Waals surface area contributed by atoms with Crippen LogP contribution in [0.25, 0.3) is 0 Å². The normalized spacial score (nSPS) is 11.2. The molecule has 0 aliphatic rings. The van der Waals surface area contributed by atoms with Crippen LogP contribution in [-0.2, 0) is 6.42 Å². The summed E-state index contributed by atoms with van der Waals surface area (Å²) in [6, 6.07) is 6.00. The van der Waals surface area contributed by atoms with Crippen LogP contribution in [-0.4, -0.2) is 29.7 Å². The SMILES string of the molecule is C#CC(C)NC(=O)NCCc1ccccc1C(=O)O. The van der Waals surface area contributed by atoms with E-state index >= 15 is 0 Å². The highest BCUT2D eigenvalue weighted by molar-refractivity contribution is 5.89. The zero-order valence-electron chi connectivity index (χ0n) is 10.6. The molecule has 0 aliphatic carbocycles. The number of carboxylic acid groups (broad SMARTS) is 1. The van der Waals surface area contributed by atoms with Crippen molar-refractivity contribution in [2.24, 2.45) is 0 Å². The maximum absolute atomic E-state index is 11.4. The van der Waals surface area contributed by atoms with Crippen LogP contribution in [0.5, 0.6) is 0 Å². The van der Waals surface area contributed by atoms with Gasteiger partial charge in [-0.15, -0.1) is 6.42 Å². The Hall–Kier alpha value is -2.48. The van der Waals surface area contributed by atoms with Crippen molar-refractivity contribution in [2.45, 2.75) is 19.4 Å². The summed E-state index contributed by atoms with van der Waals surface area (Å²) in [5.74, 6) is 1.41. The van der Waals surface area contributed by atoms with Crippen LogP contribution in [0, 0.1) is 12.3 Å². The van der Waals surface area contributed by atoms with Gasteiger partial charge in [-0.05, 0) is 25.0 Å². The van der Waals surface area contributed by atoms with Gasteiger partial charge in [-0.2, -0.15) is 0 Å². The zero-order valence-corrected chi connectivity index (χ0v) is 10.6. The van der Waals surface area contributed by atoms with Gasteiger partial charge in [0.15, 0.2) is 0 Å². The molecule has 0 fully saturated rings. The molecule has 2 amide bonds. The van der Waals surface area contributed by atoms with E-state index in [1.54, 1.807) is 25.1 Å². The molecule has 1 atom stereocenters. The average molecular weight is 260 g/mol. The number of carbonyl (C=O) groups is 2. The van der Waals surface area contributed by atoms with Crippen molar-refractivity contribution >= 4 is 12.0 Å². The summed E-state index contributed by atoms with van der Waals surface area (Å²) in [6.45, 7) is 2.03. The lowest BCUT2D eigenvalue weighted by Gasteiger charge is -2.10. The summed E-state index contributed by atoms with van der Waals surface area (Å²) < 4.78 is 0. The molecule has 100 valence electrons. The summed E-state index contributed by atoms with van der Waals surface area (Å²) >= 11 is 0. The first-order valence-corrected chi connectivity index (χ1v) is 5.86. The molecule has 0 aromatic heterocycles. The molecule has 0 bridgehead atoms. The van der Waals surface area contributed by atoms with Gasteiger partial charge in [0.1, 0.15) is 0 Å². The van der Waals surface area contributed by atoms with Gasteiger partial charge in [0.05, 0.1) is 11.6 Å². The number of hydrogen-bond donors (Lipinski definition) is 3. The van der Waals surface area contributed by atoms with Crippen LogP contribution in [0.3, 0.4) is 0 Å². The third-order valence-corrected chi connectivity index (χ3v) is 2.53. The Morgan fingerprint density at radius 1 is 1.42 bits per heavy atom. The van der Waals surface area contributed by atoms with Gasteiger partial charge in [0.25, 0.3) is 0 Å². The van der Waals surface area contributed by atoms with Gasteiger partial charge in [-0.1, -0.05) is 24.1 Å². The topological polar surface area (TPSA) is 78.4 Å². The third-order valence-electron chi connectivity index (χ3n) is 2.53. The minimum Gasteiger partial charge on any atom is -0.478 e. The second kappa shape index (κ2) is 7.07. The molecule has 0 aliphatic heterocycles. The van der Waals surface area contributed by atoms with E-state index in [9.17, 15) is 9.59 Å². The van der Waals surface area contributed by atoms with Crippen molar-refractivity contribution in [3.05, 3.63) is 35.4 Å². The van der Waals surface area contributed by atoms with E-state index in [1.807, 2.05) is 0 Å². The summed E-state index contributed by atoms with van der Waals surface area (Å²) in [5.41, 5.74) is 0.932. The molecular formula is C14H16N2O3. The zero-order chi connectivity index (χ0) is 14.3. The van der Waals surface area contributed by atoms with E-state index in [0.29, 0.717) is 18.5 Å². The first kappa shape index (κ1) is 14.6. The van der Waals surface area contributed by atoms with Gasteiger partial charge in [-0.3, -0.25) is 0 Å². The highest BCUT2D eigenvalue weighted by Crippen LogP contribution is 2.08. The molecule has 1 unspecified atom stereocenters. The number of carboxylic acids is 1. The van der Waals surface area contributed by atoms with Gasteiger partial charge >= 0.3 is 12.0 Å². The molecule has 0 radical (unpaired) electrons. The van der Waals surface area contributed by atoms with E-state index in [2.05, 4.69) is 16.6 Å². The fourth-order valence-corrected chi connectivity index (χ4v) is 1.55. The monoisotopic (exact) mass is 260 g/mol. The number of benzene rings is 1. The Labute approximate surface area is 112 Å². The summed E-state index contributed by atoms with van der Waals surface area (Å²) in [7, 11) is 0. The van der Waals surface area contributed by atoms with Crippen molar-refractivity contribution in [3.63, 3.8) is 0 Å². The number of carbonyl (C=O) groups excluding carboxylic acids is 1. The Kier molecular flexibility index (Phi) is 5.42. The Bertz CT molecular complexity index is 506. The summed E-state index contributed by atoms with van der Waals surface area (Å²) in [4.78, 5) is 22.4. The Morgan fingerprint density at radius 2 is 2.11 bits per heavy atom. The second-order valence-electron chi connectivity index (χ2n) is 4.00. The fourth-order valence-electron chi connectivity index (χ4n) is 1.55. The maximum Gasteiger partial charge on any atom is 0.335 e. The lowest BCUT2D eigenvalue weighted by atomic mass is 10.0. The lowest BCUT2D eigenvalue weighted by Crippen LogP contribution is -2.40. The molecule has 0 saturated heterocycles. The van der Waals surface area contributed by atoms with E-state index in [-0.39, 0.29) is 17.6 Å². The average Bonchev–Trinajstić information content (AvgIpc) is 2.38. The minimum absolute atomic E-state index is 0.252. The van der Waals surface area contributed by atoms with Crippen molar-refractivity contribution in [1.82, 2.24) is 10.6 Å². The molecule has 5 nitrogen and oxygen atoms in total. The molecule has 0 spiro atoms. The lowest BCUT2D eigenvalue weighted by molar-refractivity contribution is 0.0695. The van der Waals surface area contributed by atoms with E-state index in [0.717, 1.165) is 0 Å². The van der Waals surface area contributed by atoms with Crippen LogP contribution >= 0.6 is 0 Å². The number of amides is 2. The first-order valence-electron chi connectivity index (χ1n) is 5.86. The second-order valence-corrected chi connectivity index (χ2v) is 4.00. The number of nitrogens with one attached hydrogen (secondary N) is 2. The molecule has 1 aromatic carbocycles. The molecule has 19 heavy (non-hydrogen) atoms. The van der Waals surface area contributed by atoms with E-state index in [4.69, 9.17) is 11.5 Å². The standard InChI is InChI=1S/C14H16N2O3/c1-3-10(2)16-14(19)15-9-8-11-6-4-5-7-12(11)13(17)18/h1,4-7,10H,8-9H2,2H3,(H,17,18)(H2,15,16,19). The van der Waals surface area contributed by atoms with Crippen molar-refractivity contribution in [1.29, 1.82) is 0 Å². The number of hydrogen-bond acceptors (Lipinski definition) is 2. The fraction of sp³-hybridized carbons (Fsp3) is 0.286. The van der Waals surface area contributed by atoms with Crippen LogP contribution in [0.15, 0.2) is 24.3 Å². The predicted octanol–water partition coefficient (Wildman–Crippen LogP) is 1.25. The van der Waals surface area contributed by atoms with E-state index in [1.165, 1.54) is 6.07 Å². The first-order chi connectivity index (χ1) is 9.04. The molecule has 0 heterocycles. The Morgan fingerprint density at radius 3 is 2.74 bits per heavy atom. The van der Waals surface area contributed by atoms with Crippen LogP contribution < -0.4 is 10.6 Å². The Balaban J connectivity index is 2.48. The van der Waals surface area contributed by atoms with Gasteiger partial charge in [0, 0.05) is 6.54 Å². The van der Waals surface area contributed by atoms with Crippen LogP contribution in [0.1, 0.15) is 22.8 Å². The molecular weight excluding hydrogens is 244 g/mol. The summed E-state index contributed by atoms with van der Waals surface area (Å²) in [5, 5.41) is 14.2. The predicted molar refractivity (Wildman–Crippen MR) is 71.9 cm³/mol. The van der Waals surface area contributed by atoms with Gasteiger partial charge < -0.3 is 15.7 Å². The molecule has 1 rings (SSSR count). The molecule has 3 N–H and O–H groups in total. The van der Waals surface area contributed by atoms with Crippen molar-refractivity contribution < 1.29 is 14.7 Å². The largest absolute Gasteiger partial charge is 0.478 e. The van der Waals surface area contributed by atoms with Gasteiger partial charge in [-0.25, -0.2) is 9.59 Å². The molecule has 0 saturated carbocycles. The highest BCUT2D eigenvalue weighted by Gasteiger charge is 2.09. The minimum atomic E-state index is -0.971.